The van der Waals surface area contributed by atoms with E-state index in [0.717, 1.165) is 6.07 Å². The molecule has 1 rings (SSSR count). The third kappa shape index (κ3) is 3.60. The molecule has 16 heavy (non-hydrogen) atoms. The molecule has 0 unspecified atom stereocenters. The minimum atomic E-state index is -4.92. The van der Waals surface area contributed by atoms with Gasteiger partial charge in [0.1, 0.15) is 0 Å². The summed E-state index contributed by atoms with van der Waals surface area (Å²) in [7, 11) is 0. The predicted molar refractivity (Wildman–Crippen MR) is 48.8 cm³/mol. The lowest BCUT2D eigenvalue weighted by atomic mass is 10.3. The molecular formula is C10H10F4O2. The van der Waals surface area contributed by atoms with Gasteiger partial charge in [0.25, 0.3) is 0 Å². The molecule has 2 nitrogen and oxygen atoms in total. The second-order valence-electron chi connectivity index (χ2n) is 3.28. The topological polar surface area (TPSA) is 18.5 Å². The van der Waals surface area contributed by atoms with Gasteiger partial charge in [-0.1, -0.05) is 6.07 Å². The number of hydrogen-bond donors (Lipinski definition) is 0. The van der Waals surface area contributed by atoms with E-state index in [9.17, 15) is 17.6 Å². The Morgan fingerprint density at radius 3 is 2.19 bits per heavy atom. The number of benzene rings is 1. The fourth-order valence-corrected chi connectivity index (χ4v) is 1.04. The molecule has 0 aromatic heterocycles. The van der Waals surface area contributed by atoms with Crippen LogP contribution in [0, 0.1) is 5.82 Å². The number of rotatable bonds is 3. The van der Waals surface area contributed by atoms with Gasteiger partial charge in [-0.05, 0) is 26.0 Å². The highest BCUT2D eigenvalue weighted by Crippen LogP contribution is 2.31. The van der Waals surface area contributed by atoms with Gasteiger partial charge in [0.05, 0.1) is 6.10 Å². The molecule has 0 aliphatic rings. The van der Waals surface area contributed by atoms with Crippen LogP contribution in [0.1, 0.15) is 13.8 Å². The summed E-state index contributed by atoms with van der Waals surface area (Å²) >= 11 is 0. The predicted octanol–water partition coefficient (Wildman–Crippen LogP) is 3.51. The molecule has 0 aliphatic carbocycles. The van der Waals surface area contributed by atoms with Gasteiger partial charge < -0.3 is 9.47 Å². The molecule has 0 fully saturated rings. The fourth-order valence-electron chi connectivity index (χ4n) is 1.04. The lowest BCUT2D eigenvalue weighted by molar-refractivity contribution is -0.275. The van der Waals surface area contributed by atoms with E-state index in [-0.39, 0.29) is 11.9 Å². The van der Waals surface area contributed by atoms with Crippen molar-refractivity contribution in [2.45, 2.75) is 26.3 Å². The van der Waals surface area contributed by atoms with Crippen molar-refractivity contribution in [3.63, 3.8) is 0 Å². The molecule has 6 heteroatoms. The first-order valence-electron chi connectivity index (χ1n) is 4.50. The Morgan fingerprint density at radius 2 is 1.69 bits per heavy atom. The Kier molecular flexibility index (Phi) is 3.62. The highest BCUT2D eigenvalue weighted by atomic mass is 19.4. The Hall–Kier alpha value is -1.46. The van der Waals surface area contributed by atoms with Crippen LogP contribution < -0.4 is 9.47 Å². The summed E-state index contributed by atoms with van der Waals surface area (Å²) in [6.07, 6.45) is -5.26. The zero-order valence-corrected chi connectivity index (χ0v) is 8.64. The van der Waals surface area contributed by atoms with Crippen LogP contribution in [0.4, 0.5) is 17.6 Å². The Morgan fingerprint density at radius 1 is 1.12 bits per heavy atom. The Bertz CT molecular complexity index is 360. The van der Waals surface area contributed by atoms with Gasteiger partial charge in [-0.3, -0.25) is 0 Å². The van der Waals surface area contributed by atoms with Gasteiger partial charge in [-0.25, -0.2) is 0 Å². The van der Waals surface area contributed by atoms with Crippen molar-refractivity contribution in [2.24, 2.45) is 0 Å². The third-order valence-electron chi connectivity index (χ3n) is 1.52. The second-order valence-corrected chi connectivity index (χ2v) is 3.28. The SMILES string of the molecule is CC(C)Oc1cccc(OC(F)(F)F)c1F. The zero-order chi connectivity index (χ0) is 12.3. The van der Waals surface area contributed by atoms with E-state index in [1.54, 1.807) is 13.8 Å². The standard InChI is InChI=1S/C10H10F4O2/c1-6(2)15-7-4-3-5-8(9(7)11)16-10(12,13)14/h3-6H,1-2H3. The smallest absolute Gasteiger partial charge is 0.488 e. The van der Waals surface area contributed by atoms with Crippen LogP contribution >= 0.6 is 0 Å². The molecule has 0 atom stereocenters. The van der Waals surface area contributed by atoms with Crippen LogP contribution in [0.25, 0.3) is 0 Å². The summed E-state index contributed by atoms with van der Waals surface area (Å²) in [6, 6.07) is 3.34. The van der Waals surface area contributed by atoms with Crippen LogP contribution in [0.5, 0.6) is 11.5 Å². The fraction of sp³-hybridized carbons (Fsp3) is 0.400. The van der Waals surface area contributed by atoms with Crippen molar-refractivity contribution in [3.8, 4) is 11.5 Å². The molecule has 0 bridgehead atoms. The van der Waals surface area contributed by atoms with Gasteiger partial charge in [0.2, 0.25) is 5.82 Å². The highest BCUT2D eigenvalue weighted by molar-refractivity contribution is 5.35. The number of ether oxygens (including phenoxy) is 2. The molecule has 1 aromatic rings. The van der Waals surface area contributed by atoms with E-state index in [1.165, 1.54) is 12.1 Å². The largest absolute Gasteiger partial charge is 0.573 e. The van der Waals surface area contributed by atoms with Gasteiger partial charge >= 0.3 is 6.36 Å². The third-order valence-corrected chi connectivity index (χ3v) is 1.52. The van der Waals surface area contributed by atoms with Crippen LogP contribution in [0.3, 0.4) is 0 Å². The van der Waals surface area contributed by atoms with Gasteiger partial charge in [0.15, 0.2) is 11.5 Å². The Labute approximate surface area is 89.8 Å². The maximum absolute atomic E-state index is 13.4. The summed E-state index contributed by atoms with van der Waals surface area (Å²) in [4.78, 5) is 0. The molecule has 0 heterocycles. The van der Waals surface area contributed by atoms with Crippen LogP contribution in [0.15, 0.2) is 18.2 Å². The zero-order valence-electron chi connectivity index (χ0n) is 8.64. The number of hydrogen-bond acceptors (Lipinski definition) is 2. The summed E-state index contributed by atoms with van der Waals surface area (Å²) < 4.78 is 57.5. The van der Waals surface area contributed by atoms with Crippen molar-refractivity contribution in [1.82, 2.24) is 0 Å². The number of alkyl halides is 3. The molecular weight excluding hydrogens is 228 g/mol. The van der Waals surface area contributed by atoms with E-state index < -0.39 is 17.9 Å². The Balaban J connectivity index is 2.95. The summed E-state index contributed by atoms with van der Waals surface area (Å²) in [5.74, 6) is -2.32. The van der Waals surface area contributed by atoms with E-state index in [2.05, 4.69) is 4.74 Å². The van der Waals surface area contributed by atoms with Gasteiger partial charge in [-0.15, -0.1) is 13.2 Å². The van der Waals surface area contributed by atoms with Crippen molar-refractivity contribution >= 4 is 0 Å². The van der Waals surface area contributed by atoms with Crippen LogP contribution in [-0.2, 0) is 0 Å². The molecule has 0 radical (unpaired) electrons. The average molecular weight is 238 g/mol. The monoisotopic (exact) mass is 238 g/mol. The molecule has 0 saturated carbocycles. The normalized spacial score (nSPS) is 11.7. The maximum Gasteiger partial charge on any atom is 0.573 e. The van der Waals surface area contributed by atoms with Gasteiger partial charge in [0, 0.05) is 0 Å². The quantitative estimate of drug-likeness (QED) is 0.750. The first-order chi connectivity index (χ1) is 7.29. The van der Waals surface area contributed by atoms with Crippen molar-refractivity contribution in [2.75, 3.05) is 0 Å². The molecule has 0 amide bonds. The minimum Gasteiger partial charge on any atom is -0.488 e. The van der Waals surface area contributed by atoms with Crippen molar-refractivity contribution < 1.29 is 27.0 Å². The van der Waals surface area contributed by atoms with Crippen molar-refractivity contribution in [1.29, 1.82) is 0 Å². The van der Waals surface area contributed by atoms with Crippen molar-refractivity contribution in [3.05, 3.63) is 24.0 Å². The lowest BCUT2D eigenvalue weighted by Gasteiger charge is -2.14. The van der Waals surface area contributed by atoms with E-state index in [1.807, 2.05) is 0 Å². The summed E-state index contributed by atoms with van der Waals surface area (Å²) in [5, 5.41) is 0. The molecule has 90 valence electrons. The molecule has 1 aromatic carbocycles. The van der Waals surface area contributed by atoms with E-state index in [4.69, 9.17) is 4.74 Å². The molecule has 0 saturated heterocycles. The maximum atomic E-state index is 13.4. The minimum absolute atomic E-state index is 0.267. The molecule has 0 aliphatic heterocycles. The van der Waals surface area contributed by atoms with Crippen LogP contribution in [0.2, 0.25) is 0 Å². The number of halogens is 4. The summed E-state index contributed by atoms with van der Waals surface area (Å²) in [5.41, 5.74) is 0. The first kappa shape index (κ1) is 12.6. The van der Waals surface area contributed by atoms with Gasteiger partial charge in [-0.2, -0.15) is 4.39 Å². The van der Waals surface area contributed by atoms with Crippen LogP contribution in [-0.4, -0.2) is 12.5 Å². The highest BCUT2D eigenvalue weighted by Gasteiger charge is 2.33. The average Bonchev–Trinajstić information content (AvgIpc) is 2.09. The second kappa shape index (κ2) is 4.59. The molecule has 0 N–H and O–H groups in total. The first-order valence-corrected chi connectivity index (χ1v) is 4.50. The summed E-state index contributed by atoms with van der Waals surface area (Å²) in [6.45, 7) is 3.27. The van der Waals surface area contributed by atoms with E-state index >= 15 is 0 Å². The van der Waals surface area contributed by atoms with E-state index in [0.29, 0.717) is 0 Å². The lowest BCUT2D eigenvalue weighted by Crippen LogP contribution is -2.18. The molecule has 0 spiro atoms.